The Morgan fingerprint density at radius 2 is 2.09 bits per heavy atom. The first-order chi connectivity index (χ1) is 15.8. The molecule has 2 aliphatic rings. The van der Waals surface area contributed by atoms with Gasteiger partial charge in [0.05, 0.1) is 12.5 Å². The molecule has 1 aromatic carbocycles. The first kappa shape index (κ1) is 24.0. The normalized spacial score (nSPS) is 22.8. The van der Waals surface area contributed by atoms with E-state index in [1.165, 1.54) is 0 Å². The van der Waals surface area contributed by atoms with Crippen LogP contribution >= 0.6 is 11.6 Å². The molecule has 33 heavy (non-hydrogen) atoms. The summed E-state index contributed by atoms with van der Waals surface area (Å²) < 4.78 is 6.78. The van der Waals surface area contributed by atoms with Crippen LogP contribution in [0.5, 0.6) is 0 Å². The van der Waals surface area contributed by atoms with Gasteiger partial charge in [-0.25, -0.2) is 0 Å². The maximum Gasteiger partial charge on any atom is 0.250 e. The zero-order valence-corrected chi connectivity index (χ0v) is 20.5. The molecule has 0 unspecified atom stereocenters. The molecule has 2 atom stereocenters. The molecule has 1 aliphatic carbocycles. The maximum atomic E-state index is 14.0. The largest absolute Gasteiger partial charge is 0.384 e. The maximum absolute atomic E-state index is 14.0. The molecule has 6 nitrogen and oxygen atoms in total. The van der Waals surface area contributed by atoms with Crippen LogP contribution in [0.3, 0.4) is 0 Å². The van der Waals surface area contributed by atoms with Gasteiger partial charge in [-0.3, -0.25) is 9.59 Å². The summed E-state index contributed by atoms with van der Waals surface area (Å²) in [5.74, 6) is -0.0966. The van der Waals surface area contributed by atoms with E-state index in [-0.39, 0.29) is 23.4 Å². The van der Waals surface area contributed by atoms with Crippen LogP contribution in [0.1, 0.15) is 42.9 Å². The third-order valence-corrected chi connectivity index (χ3v) is 7.69. The van der Waals surface area contributed by atoms with Crippen LogP contribution in [0.2, 0.25) is 5.02 Å². The van der Waals surface area contributed by atoms with Gasteiger partial charge < -0.3 is 19.5 Å². The number of nitrogens with zero attached hydrogens (tertiary/aromatic N) is 2. The van der Waals surface area contributed by atoms with Crippen molar-refractivity contribution >= 4 is 17.5 Å². The number of pyridine rings is 1. The predicted molar refractivity (Wildman–Crippen MR) is 131 cm³/mol. The zero-order chi connectivity index (χ0) is 23.6. The fraction of sp³-hybridized carbons (Fsp3) is 0.538. The number of rotatable bonds is 8. The lowest BCUT2D eigenvalue weighted by molar-refractivity contribution is -0.139. The molecule has 1 aliphatic heterocycles. The topological polar surface area (TPSA) is 63.6 Å². The molecular formula is C26H34ClN3O3. The summed E-state index contributed by atoms with van der Waals surface area (Å²) in [5, 5.41) is 4.10. The number of nitrogens with one attached hydrogen (secondary N) is 1. The minimum absolute atomic E-state index is 0.0443. The Hall–Kier alpha value is -2.15. The molecule has 0 bridgehead atoms. The third kappa shape index (κ3) is 5.18. The van der Waals surface area contributed by atoms with E-state index in [9.17, 15) is 9.59 Å². The quantitative estimate of drug-likeness (QED) is 0.641. The lowest BCUT2D eigenvalue weighted by Gasteiger charge is -2.43. The first-order valence-electron chi connectivity index (χ1n) is 11.8. The second-order valence-corrected chi connectivity index (χ2v) is 10.1. The average Bonchev–Trinajstić information content (AvgIpc) is 3.64. The van der Waals surface area contributed by atoms with Crippen LogP contribution < -0.4 is 10.9 Å². The number of halogens is 1. The summed E-state index contributed by atoms with van der Waals surface area (Å²) in [6.45, 7) is 4.72. The van der Waals surface area contributed by atoms with Gasteiger partial charge in [0.15, 0.2) is 0 Å². The van der Waals surface area contributed by atoms with Gasteiger partial charge in [-0.05, 0) is 61.1 Å². The van der Waals surface area contributed by atoms with Crippen molar-refractivity contribution < 1.29 is 9.53 Å². The van der Waals surface area contributed by atoms with Gasteiger partial charge in [0.2, 0.25) is 5.91 Å². The predicted octanol–water partition coefficient (Wildman–Crippen LogP) is 3.29. The van der Waals surface area contributed by atoms with Crippen molar-refractivity contribution in [3.63, 3.8) is 0 Å². The zero-order valence-electron chi connectivity index (χ0n) is 19.8. The van der Waals surface area contributed by atoms with Crippen LogP contribution in [0.4, 0.5) is 0 Å². The third-order valence-electron chi connectivity index (χ3n) is 7.32. The van der Waals surface area contributed by atoms with Crippen LogP contribution in [-0.2, 0) is 35.0 Å². The smallest absolute Gasteiger partial charge is 0.250 e. The number of aryl methyl sites for hydroxylation is 1. The fourth-order valence-corrected chi connectivity index (χ4v) is 5.06. The van der Waals surface area contributed by atoms with Crippen LogP contribution in [0, 0.1) is 5.92 Å². The number of hydrogen-bond acceptors (Lipinski definition) is 4. The van der Waals surface area contributed by atoms with E-state index in [1.54, 1.807) is 31.0 Å². The molecule has 1 aromatic heterocycles. The van der Waals surface area contributed by atoms with E-state index in [1.807, 2.05) is 23.1 Å². The number of amides is 1. The number of ether oxygens (including phenoxy) is 1. The van der Waals surface area contributed by atoms with Crippen molar-refractivity contribution in [3.05, 3.63) is 68.6 Å². The fourth-order valence-electron chi connectivity index (χ4n) is 4.88. The lowest BCUT2D eigenvalue weighted by Crippen LogP contribution is -2.54. The number of carbonyl (C=O) groups excluding carboxylic acids is 1. The molecule has 0 radical (unpaired) electrons. The van der Waals surface area contributed by atoms with Gasteiger partial charge in [0.25, 0.3) is 5.56 Å². The van der Waals surface area contributed by atoms with Crippen molar-refractivity contribution in [1.29, 1.82) is 0 Å². The van der Waals surface area contributed by atoms with Gasteiger partial charge in [0.1, 0.15) is 0 Å². The Morgan fingerprint density at radius 1 is 1.30 bits per heavy atom. The standard InChI is InChI=1S/C26H34ClN3O3/c1-26(20-8-12-29(2)24(31)15-20)10-11-28-16-22(26)25(32)30(21-5-6-21)17-19-14-18(9-13-33-3)4-7-23(19)27/h4,7-8,12,14-15,21-22,28H,5-6,9-11,13,16-17H2,1-3H3/t22-,26-/m1/s1. The number of methoxy groups -OCH3 is 1. The highest BCUT2D eigenvalue weighted by Crippen LogP contribution is 2.40. The summed E-state index contributed by atoms with van der Waals surface area (Å²) in [6.07, 6.45) is 5.47. The second kappa shape index (κ2) is 10.00. The van der Waals surface area contributed by atoms with Gasteiger partial charge in [-0.1, -0.05) is 30.7 Å². The highest BCUT2D eigenvalue weighted by molar-refractivity contribution is 6.31. The second-order valence-electron chi connectivity index (χ2n) is 9.65. The molecule has 1 saturated carbocycles. The Kier molecular flexibility index (Phi) is 7.27. The first-order valence-corrected chi connectivity index (χ1v) is 12.2. The van der Waals surface area contributed by atoms with E-state index in [0.29, 0.717) is 24.7 Å². The van der Waals surface area contributed by atoms with E-state index in [2.05, 4.69) is 18.3 Å². The monoisotopic (exact) mass is 471 g/mol. The Balaban J connectivity index is 1.62. The van der Waals surface area contributed by atoms with Crippen molar-refractivity contribution in [2.24, 2.45) is 13.0 Å². The van der Waals surface area contributed by atoms with E-state index in [4.69, 9.17) is 16.3 Å². The highest BCUT2D eigenvalue weighted by atomic mass is 35.5. The van der Waals surface area contributed by atoms with Crippen molar-refractivity contribution in [3.8, 4) is 0 Å². The molecule has 2 heterocycles. The SMILES string of the molecule is COCCc1ccc(Cl)c(CN(C(=O)[C@H]2CNCC[C@]2(C)c2ccn(C)c(=O)c2)C2CC2)c1. The number of hydrogen-bond donors (Lipinski definition) is 1. The van der Waals surface area contributed by atoms with E-state index >= 15 is 0 Å². The Morgan fingerprint density at radius 3 is 2.79 bits per heavy atom. The van der Waals surface area contributed by atoms with E-state index < -0.39 is 5.41 Å². The highest BCUT2D eigenvalue weighted by Gasteiger charge is 2.46. The van der Waals surface area contributed by atoms with Crippen molar-refractivity contribution in [1.82, 2.24) is 14.8 Å². The summed E-state index contributed by atoms with van der Waals surface area (Å²) in [4.78, 5) is 28.4. The van der Waals surface area contributed by atoms with Crippen molar-refractivity contribution in [2.45, 2.75) is 50.6 Å². The van der Waals surface area contributed by atoms with Crippen molar-refractivity contribution in [2.75, 3.05) is 26.8 Å². The molecule has 1 saturated heterocycles. The van der Waals surface area contributed by atoms with Crippen LogP contribution in [-0.4, -0.2) is 48.2 Å². The summed E-state index contributed by atoms with van der Waals surface area (Å²) >= 11 is 6.56. The molecule has 2 aromatic rings. The summed E-state index contributed by atoms with van der Waals surface area (Å²) in [7, 11) is 3.45. The molecule has 178 valence electrons. The van der Waals surface area contributed by atoms with Gasteiger partial charge >= 0.3 is 0 Å². The molecule has 4 rings (SSSR count). The number of aromatic nitrogens is 1. The Bertz CT molecular complexity index is 1060. The van der Waals surface area contributed by atoms with Crippen LogP contribution in [0.15, 0.2) is 41.3 Å². The number of piperidine rings is 1. The minimum atomic E-state index is -0.396. The molecule has 1 amide bonds. The van der Waals surface area contributed by atoms with Gasteiger partial charge in [0, 0.05) is 56.0 Å². The molecule has 2 fully saturated rings. The average molecular weight is 472 g/mol. The van der Waals surface area contributed by atoms with Gasteiger partial charge in [-0.15, -0.1) is 0 Å². The van der Waals surface area contributed by atoms with Gasteiger partial charge in [-0.2, -0.15) is 0 Å². The summed E-state index contributed by atoms with van der Waals surface area (Å²) in [6, 6.07) is 9.98. The summed E-state index contributed by atoms with van der Waals surface area (Å²) in [5.41, 5.74) is 2.64. The lowest BCUT2D eigenvalue weighted by atomic mass is 9.67. The molecule has 1 N–H and O–H groups in total. The Labute approximate surface area is 200 Å². The number of benzene rings is 1. The number of carbonyl (C=O) groups is 1. The molecular weight excluding hydrogens is 438 g/mol. The molecule has 7 heteroatoms. The van der Waals surface area contributed by atoms with E-state index in [0.717, 1.165) is 48.9 Å². The van der Waals surface area contributed by atoms with Crippen LogP contribution in [0.25, 0.3) is 0 Å². The molecule has 0 spiro atoms. The minimum Gasteiger partial charge on any atom is -0.384 e.